The van der Waals surface area contributed by atoms with E-state index in [1.165, 1.54) is 5.56 Å². The first kappa shape index (κ1) is 22.7. The Labute approximate surface area is 214 Å². The number of aromatic nitrogens is 8. The van der Waals surface area contributed by atoms with Gasteiger partial charge in [0.25, 0.3) is 0 Å². The van der Waals surface area contributed by atoms with Crippen molar-refractivity contribution in [2.24, 2.45) is 0 Å². The Bertz CT molecular complexity index is 1650. The summed E-state index contributed by atoms with van der Waals surface area (Å²) in [6.45, 7) is 4.18. The number of aromatic amines is 1. The first-order chi connectivity index (χ1) is 18.2. The molecule has 0 bridgehead atoms. The average Bonchev–Trinajstić information content (AvgIpc) is 3.63. The lowest BCUT2D eigenvalue weighted by Crippen LogP contribution is -2.08. The third-order valence-electron chi connectivity index (χ3n) is 6.52. The smallest absolute Gasteiger partial charge is 0.182 e. The summed E-state index contributed by atoms with van der Waals surface area (Å²) in [6, 6.07) is 26.9. The van der Waals surface area contributed by atoms with Gasteiger partial charge in [-0.2, -0.15) is 4.52 Å². The molecular weight excluding hydrogens is 460 g/mol. The maximum Gasteiger partial charge on any atom is 0.182 e. The zero-order valence-corrected chi connectivity index (χ0v) is 20.8. The van der Waals surface area contributed by atoms with Crippen molar-refractivity contribution >= 4 is 5.65 Å². The fourth-order valence-corrected chi connectivity index (χ4v) is 4.73. The molecular formula is C29H26N8. The van der Waals surface area contributed by atoms with E-state index in [2.05, 4.69) is 57.9 Å². The maximum atomic E-state index is 4.98. The molecule has 0 unspecified atom stereocenters. The van der Waals surface area contributed by atoms with Crippen LogP contribution in [-0.4, -0.2) is 40.2 Å². The Hall–Kier alpha value is -4.72. The van der Waals surface area contributed by atoms with E-state index in [1.807, 2.05) is 60.0 Å². The van der Waals surface area contributed by atoms with Crippen molar-refractivity contribution in [3.8, 4) is 33.9 Å². The fraction of sp³-hybridized carbons (Fsp3) is 0.172. The van der Waals surface area contributed by atoms with Crippen LogP contribution in [0.2, 0.25) is 0 Å². The summed E-state index contributed by atoms with van der Waals surface area (Å²) >= 11 is 0. The highest BCUT2D eigenvalue weighted by Gasteiger charge is 2.18. The standard InChI is InChI=1S/C29H26N8/c1-3-9-26-25(29-31-27(22-10-5-4-6-11-22)34-37(29)19(2)30-26)18-20-14-16-21(17-15-20)23-12-7-8-13-24(23)28-32-35-36-33-28/h4-8,10-17H,3,9,18H2,1-2H3,(H,32,33,35,36). The van der Waals surface area contributed by atoms with Gasteiger partial charge in [-0.15, -0.1) is 10.2 Å². The van der Waals surface area contributed by atoms with E-state index < -0.39 is 0 Å². The molecule has 8 heteroatoms. The highest BCUT2D eigenvalue weighted by molar-refractivity contribution is 5.80. The highest BCUT2D eigenvalue weighted by atomic mass is 15.5. The monoisotopic (exact) mass is 486 g/mol. The third kappa shape index (κ3) is 4.38. The van der Waals surface area contributed by atoms with Crippen molar-refractivity contribution in [2.75, 3.05) is 0 Å². The number of hydrogen-bond acceptors (Lipinski definition) is 6. The van der Waals surface area contributed by atoms with E-state index in [1.54, 1.807) is 0 Å². The molecule has 3 aromatic heterocycles. The van der Waals surface area contributed by atoms with Gasteiger partial charge in [-0.1, -0.05) is 92.2 Å². The van der Waals surface area contributed by atoms with E-state index >= 15 is 0 Å². The van der Waals surface area contributed by atoms with Gasteiger partial charge in [-0.3, -0.25) is 0 Å². The van der Waals surface area contributed by atoms with Crippen molar-refractivity contribution in [2.45, 2.75) is 33.1 Å². The number of tetrazole rings is 1. The summed E-state index contributed by atoms with van der Waals surface area (Å²) in [4.78, 5) is 9.92. The number of H-pyrrole nitrogens is 1. The molecule has 37 heavy (non-hydrogen) atoms. The number of hydrogen-bond donors (Lipinski definition) is 1. The number of rotatable bonds is 7. The van der Waals surface area contributed by atoms with Crippen LogP contribution < -0.4 is 0 Å². The quantitative estimate of drug-likeness (QED) is 0.320. The van der Waals surface area contributed by atoms with E-state index in [0.717, 1.165) is 64.2 Å². The van der Waals surface area contributed by atoms with Gasteiger partial charge in [-0.25, -0.2) is 15.1 Å². The molecule has 1 N–H and O–H groups in total. The first-order valence-corrected chi connectivity index (χ1v) is 12.4. The molecule has 0 aliphatic rings. The predicted molar refractivity (Wildman–Crippen MR) is 143 cm³/mol. The molecule has 0 saturated heterocycles. The minimum absolute atomic E-state index is 0.651. The van der Waals surface area contributed by atoms with Gasteiger partial charge < -0.3 is 0 Å². The van der Waals surface area contributed by atoms with E-state index in [4.69, 9.17) is 15.1 Å². The Morgan fingerprint density at radius 3 is 2.30 bits per heavy atom. The Morgan fingerprint density at radius 1 is 0.811 bits per heavy atom. The highest BCUT2D eigenvalue weighted by Crippen LogP contribution is 2.30. The topological polar surface area (TPSA) is 97.5 Å². The molecule has 0 saturated carbocycles. The van der Waals surface area contributed by atoms with Crippen molar-refractivity contribution in [1.29, 1.82) is 0 Å². The van der Waals surface area contributed by atoms with Crippen LogP contribution >= 0.6 is 0 Å². The number of benzene rings is 3. The van der Waals surface area contributed by atoms with Crippen LogP contribution in [-0.2, 0) is 12.8 Å². The van der Waals surface area contributed by atoms with Crippen LogP contribution in [0.25, 0.3) is 39.5 Å². The van der Waals surface area contributed by atoms with Crippen LogP contribution in [0.1, 0.15) is 36.0 Å². The summed E-state index contributed by atoms with van der Waals surface area (Å²) in [6.07, 6.45) is 2.64. The van der Waals surface area contributed by atoms with Crippen molar-refractivity contribution < 1.29 is 0 Å². The van der Waals surface area contributed by atoms with Crippen molar-refractivity contribution in [1.82, 2.24) is 40.2 Å². The van der Waals surface area contributed by atoms with Crippen LogP contribution in [0.3, 0.4) is 0 Å². The number of nitrogens with one attached hydrogen (secondary N) is 1. The molecule has 182 valence electrons. The summed E-state index contributed by atoms with van der Waals surface area (Å²) < 4.78 is 1.88. The van der Waals surface area contributed by atoms with Gasteiger partial charge in [0.05, 0.1) is 0 Å². The molecule has 6 aromatic rings. The normalized spacial score (nSPS) is 11.3. The second-order valence-electron chi connectivity index (χ2n) is 9.04. The van der Waals surface area contributed by atoms with Crippen LogP contribution in [0, 0.1) is 6.92 Å². The lowest BCUT2D eigenvalue weighted by atomic mass is 9.96. The fourth-order valence-electron chi connectivity index (χ4n) is 4.73. The van der Waals surface area contributed by atoms with Gasteiger partial charge in [0.1, 0.15) is 5.82 Å². The van der Waals surface area contributed by atoms with E-state index in [0.29, 0.717) is 11.6 Å². The molecule has 0 amide bonds. The predicted octanol–water partition coefficient (Wildman–Crippen LogP) is 5.49. The zero-order valence-electron chi connectivity index (χ0n) is 20.8. The molecule has 3 aromatic carbocycles. The SMILES string of the molecule is CCCc1nc(C)n2nc(-c3ccccc3)nc2c1Cc1ccc(-c2ccccc2-c2nnn[nH]2)cc1. The lowest BCUT2D eigenvalue weighted by molar-refractivity contribution is 0.793. The largest absolute Gasteiger partial charge is 0.239 e. The van der Waals surface area contributed by atoms with Crippen LogP contribution in [0.15, 0.2) is 78.9 Å². The molecule has 6 rings (SSSR count). The minimum atomic E-state index is 0.651. The maximum absolute atomic E-state index is 4.98. The molecule has 0 spiro atoms. The van der Waals surface area contributed by atoms with Crippen LogP contribution in [0.5, 0.6) is 0 Å². The Kier molecular flexibility index (Phi) is 5.98. The van der Waals surface area contributed by atoms with Gasteiger partial charge in [0.15, 0.2) is 17.3 Å². The molecule has 0 aliphatic heterocycles. The van der Waals surface area contributed by atoms with Gasteiger partial charge in [-0.05, 0) is 40.5 Å². The van der Waals surface area contributed by atoms with E-state index in [9.17, 15) is 0 Å². The second kappa shape index (κ2) is 9.73. The van der Waals surface area contributed by atoms with Gasteiger partial charge in [0.2, 0.25) is 0 Å². The van der Waals surface area contributed by atoms with Gasteiger partial charge >= 0.3 is 0 Å². The summed E-state index contributed by atoms with van der Waals surface area (Å²) in [5, 5.41) is 19.2. The molecule has 0 radical (unpaired) electrons. The average molecular weight is 487 g/mol. The third-order valence-corrected chi connectivity index (χ3v) is 6.52. The van der Waals surface area contributed by atoms with Gasteiger partial charge in [0, 0.05) is 28.8 Å². The number of nitrogens with zero attached hydrogens (tertiary/aromatic N) is 7. The van der Waals surface area contributed by atoms with Crippen molar-refractivity contribution in [3.05, 3.63) is 102 Å². The minimum Gasteiger partial charge on any atom is -0.239 e. The van der Waals surface area contributed by atoms with Crippen molar-refractivity contribution in [3.63, 3.8) is 0 Å². The Morgan fingerprint density at radius 2 is 1.57 bits per heavy atom. The van der Waals surface area contributed by atoms with Crippen LogP contribution in [0.4, 0.5) is 0 Å². The summed E-state index contributed by atoms with van der Waals surface area (Å²) in [5.74, 6) is 2.22. The molecule has 3 heterocycles. The summed E-state index contributed by atoms with van der Waals surface area (Å²) in [7, 11) is 0. The molecule has 0 atom stereocenters. The number of aryl methyl sites for hydroxylation is 2. The zero-order chi connectivity index (χ0) is 25.2. The second-order valence-corrected chi connectivity index (χ2v) is 9.04. The first-order valence-electron chi connectivity index (χ1n) is 12.4. The molecule has 0 fully saturated rings. The molecule has 0 aliphatic carbocycles. The molecule has 8 nitrogen and oxygen atoms in total. The number of fused-ring (bicyclic) bond motifs is 1. The summed E-state index contributed by atoms with van der Waals surface area (Å²) in [5.41, 5.74) is 8.42. The van der Waals surface area contributed by atoms with E-state index in [-0.39, 0.29) is 0 Å². The lowest BCUT2D eigenvalue weighted by Gasteiger charge is -2.12. The Balaban J connectivity index is 1.38.